The van der Waals surface area contributed by atoms with Crippen molar-refractivity contribution in [2.45, 2.75) is 36.0 Å². The van der Waals surface area contributed by atoms with Crippen LogP contribution in [0.3, 0.4) is 0 Å². The van der Waals surface area contributed by atoms with Crippen LogP contribution in [-0.4, -0.2) is 43.1 Å². The summed E-state index contributed by atoms with van der Waals surface area (Å²) < 4.78 is 76.6. The Morgan fingerprint density at radius 2 is 1.55 bits per heavy atom. The molecule has 0 heterocycles. The van der Waals surface area contributed by atoms with E-state index in [9.17, 15) is 25.0 Å². The van der Waals surface area contributed by atoms with E-state index < -0.39 is 49.2 Å². The van der Waals surface area contributed by atoms with Crippen molar-refractivity contribution in [3.8, 4) is 0 Å². The molecular weight excluding hydrogens is 390 g/mol. The molecule has 0 aromatic heterocycles. The Labute approximate surface area is 120 Å². The number of alkyl halides is 5. The van der Waals surface area contributed by atoms with Gasteiger partial charge < -0.3 is 0 Å². The van der Waals surface area contributed by atoms with Gasteiger partial charge in [-0.2, -0.15) is 0 Å². The molecule has 2 nitrogen and oxygen atoms in total. The van der Waals surface area contributed by atoms with Gasteiger partial charge in [0.1, 0.15) is 0 Å². The maximum atomic E-state index is 13.4. The first kappa shape index (κ1) is 17.5. The zero-order chi connectivity index (χ0) is 15.3. The molecule has 0 bridgehead atoms. The molecule has 20 heavy (non-hydrogen) atoms. The van der Waals surface area contributed by atoms with E-state index in [4.69, 9.17) is 3.07 Å². The molecule has 4 atom stereocenters. The molecule has 0 amide bonds. The van der Waals surface area contributed by atoms with E-state index in [0.717, 1.165) is 0 Å². The molecule has 0 saturated heterocycles. The number of hydrogen-bond acceptors (Lipinski definition) is 2. The van der Waals surface area contributed by atoms with E-state index in [1.807, 2.05) is 0 Å². The first-order chi connectivity index (χ1) is 9.34. The van der Waals surface area contributed by atoms with Crippen molar-refractivity contribution in [3.63, 3.8) is 0 Å². The van der Waals surface area contributed by atoms with E-state index >= 15 is 0 Å². The Balaban J connectivity index is 2.62. The zero-order valence-corrected chi connectivity index (χ0v) is 13.3. The average molecular weight is 403 g/mol. The first-order valence-electron chi connectivity index (χ1n) is 5.80. The quantitative estimate of drug-likeness (QED) is 0.515. The molecule has 0 N–H and O–H groups in total. The third-order valence-electron chi connectivity index (χ3n) is 2.61. The summed E-state index contributed by atoms with van der Waals surface area (Å²) >= 11 is -4.65. The second-order valence-electron chi connectivity index (χ2n) is 4.11. The van der Waals surface area contributed by atoms with Gasteiger partial charge >= 0.3 is 120 Å². The van der Waals surface area contributed by atoms with Gasteiger partial charge in [-0.25, -0.2) is 0 Å². The van der Waals surface area contributed by atoms with E-state index in [1.54, 1.807) is 30.3 Å². The minimum atomic E-state index is -4.65. The molecule has 0 aliphatic carbocycles. The molecule has 0 spiro atoms. The zero-order valence-electron chi connectivity index (χ0n) is 10.5. The normalized spacial score (nSPS) is 17.6. The van der Waals surface area contributed by atoms with Crippen molar-refractivity contribution in [1.82, 2.24) is 0 Å². The number of benzene rings is 1. The van der Waals surface area contributed by atoms with Crippen LogP contribution in [0.5, 0.6) is 0 Å². The van der Waals surface area contributed by atoms with Crippen molar-refractivity contribution in [1.29, 1.82) is 0 Å². The summed E-state index contributed by atoms with van der Waals surface area (Å²) in [6.07, 6.45) is -10.9. The van der Waals surface area contributed by atoms with Crippen molar-refractivity contribution < 1.29 is 28.1 Å². The van der Waals surface area contributed by atoms with Crippen LogP contribution in [0.1, 0.15) is 18.6 Å². The fraction of sp³-hybridized carbons (Fsp3) is 0.500. The second kappa shape index (κ2) is 8.01. The van der Waals surface area contributed by atoms with Crippen LogP contribution in [0.2, 0.25) is 0 Å². The summed E-state index contributed by atoms with van der Waals surface area (Å²) in [6, 6.07) is 8.31. The van der Waals surface area contributed by atoms with Gasteiger partial charge in [-0.15, -0.1) is 0 Å². The molecule has 0 aliphatic heterocycles. The van der Waals surface area contributed by atoms with Crippen LogP contribution >= 0.6 is 0 Å². The van der Waals surface area contributed by atoms with Gasteiger partial charge in [0, 0.05) is 0 Å². The molecule has 1 aromatic carbocycles. The summed E-state index contributed by atoms with van der Waals surface area (Å²) in [6.45, 7) is 1.47. The SMILES string of the molecule is CC([O][Sn](=[O])[CH](F)C(F)C(F)C(F)F)c1ccccc1. The monoisotopic (exact) mass is 404 g/mol. The van der Waals surface area contributed by atoms with Gasteiger partial charge in [0.15, 0.2) is 0 Å². The van der Waals surface area contributed by atoms with E-state index in [1.165, 1.54) is 6.92 Å². The molecule has 0 aliphatic rings. The number of rotatable bonds is 7. The molecular formula is C12H13F5O2Sn. The number of hydrogen-bond donors (Lipinski definition) is 0. The van der Waals surface area contributed by atoms with Crippen LogP contribution in [-0.2, 0) is 6.15 Å². The first-order valence-corrected chi connectivity index (χ1v) is 9.78. The summed E-state index contributed by atoms with van der Waals surface area (Å²) in [5.74, 6) is 0. The standard InChI is InChI=1S/C8H9O.C4H4F5.O.Sn/c1-7(9)8-5-3-2-4-6-8;5-1-2(6)3(7)4(8)9;;/h2-7H,1H3;1-4H;;/q-1;;;+1. The van der Waals surface area contributed by atoms with Gasteiger partial charge in [-0.3, -0.25) is 0 Å². The summed E-state index contributed by atoms with van der Waals surface area (Å²) in [5.41, 5.74) is 0.578. The molecule has 8 heteroatoms. The predicted molar refractivity (Wildman–Crippen MR) is 63.1 cm³/mol. The van der Waals surface area contributed by atoms with Gasteiger partial charge in [0.2, 0.25) is 0 Å². The third kappa shape index (κ3) is 4.76. The Bertz CT molecular complexity index is 431. The fourth-order valence-electron chi connectivity index (χ4n) is 1.46. The van der Waals surface area contributed by atoms with E-state index in [-0.39, 0.29) is 0 Å². The predicted octanol–water partition coefficient (Wildman–Crippen LogP) is 3.50. The molecule has 1 rings (SSSR count). The second-order valence-corrected chi connectivity index (χ2v) is 8.18. The summed E-state index contributed by atoms with van der Waals surface area (Å²) in [7, 11) is 0. The molecule has 1 aromatic rings. The number of halogens is 5. The van der Waals surface area contributed by atoms with E-state index in [0.29, 0.717) is 5.56 Å². The Morgan fingerprint density at radius 3 is 2.05 bits per heavy atom. The van der Waals surface area contributed by atoms with Gasteiger partial charge in [-0.05, 0) is 0 Å². The van der Waals surface area contributed by atoms with Gasteiger partial charge in [-0.1, -0.05) is 0 Å². The molecule has 0 saturated carbocycles. The van der Waals surface area contributed by atoms with Crippen LogP contribution in [0.4, 0.5) is 22.0 Å². The minimum absolute atomic E-state index is 0.578. The molecule has 0 radical (unpaired) electrons. The van der Waals surface area contributed by atoms with Crippen molar-refractivity contribution in [3.05, 3.63) is 35.9 Å². The summed E-state index contributed by atoms with van der Waals surface area (Å²) in [4.78, 5) is 0. The summed E-state index contributed by atoms with van der Waals surface area (Å²) in [5, 5.41) is 0. The Kier molecular flexibility index (Phi) is 7.00. The third-order valence-corrected chi connectivity index (χ3v) is 6.48. The molecule has 112 valence electrons. The van der Waals surface area contributed by atoms with Crippen molar-refractivity contribution in [2.24, 2.45) is 0 Å². The topological polar surface area (TPSA) is 26.3 Å². The van der Waals surface area contributed by atoms with Crippen molar-refractivity contribution >= 4 is 20.2 Å². The van der Waals surface area contributed by atoms with Crippen LogP contribution in [0, 0.1) is 0 Å². The fourth-order valence-corrected chi connectivity index (χ4v) is 4.48. The Hall–Kier alpha value is -0.571. The van der Waals surface area contributed by atoms with Gasteiger partial charge in [0.25, 0.3) is 0 Å². The van der Waals surface area contributed by atoms with Crippen LogP contribution < -0.4 is 0 Å². The van der Waals surface area contributed by atoms with Crippen molar-refractivity contribution in [2.75, 3.05) is 0 Å². The van der Waals surface area contributed by atoms with Crippen LogP contribution in [0.25, 0.3) is 0 Å². The Morgan fingerprint density at radius 1 is 1.00 bits per heavy atom. The van der Waals surface area contributed by atoms with Crippen LogP contribution in [0.15, 0.2) is 30.3 Å². The van der Waals surface area contributed by atoms with E-state index in [2.05, 4.69) is 0 Å². The van der Waals surface area contributed by atoms with Gasteiger partial charge in [0.05, 0.1) is 0 Å². The average Bonchev–Trinajstić information content (AvgIpc) is 2.45. The molecule has 4 unspecified atom stereocenters. The maximum absolute atomic E-state index is 13.4. The molecule has 0 fully saturated rings.